The standard InChI is InChI=1S/C18H15Cl2N3O/c1-11-14(19)9-6-10-15(11)21-18(24)16-12(2)22-23(17(16)20)13-7-4-3-5-8-13/h3-10H,1-2H3,(H,21,24). The molecule has 0 bridgehead atoms. The molecule has 0 aliphatic rings. The molecule has 1 aromatic heterocycles. The maximum absolute atomic E-state index is 12.7. The number of nitrogens with zero attached hydrogens (tertiary/aromatic N) is 2. The van der Waals surface area contributed by atoms with Crippen LogP contribution in [-0.2, 0) is 0 Å². The first-order valence-electron chi connectivity index (χ1n) is 7.36. The van der Waals surface area contributed by atoms with Gasteiger partial charge in [0.1, 0.15) is 10.7 Å². The van der Waals surface area contributed by atoms with Gasteiger partial charge in [-0.15, -0.1) is 0 Å². The summed E-state index contributed by atoms with van der Waals surface area (Å²) in [5.41, 5.74) is 3.15. The lowest BCUT2D eigenvalue weighted by Crippen LogP contribution is -2.14. The smallest absolute Gasteiger partial charge is 0.260 e. The number of carbonyl (C=O) groups excluding carboxylic acids is 1. The molecular weight excluding hydrogens is 345 g/mol. The third-order valence-electron chi connectivity index (χ3n) is 3.75. The number of amides is 1. The predicted molar refractivity (Wildman–Crippen MR) is 97.5 cm³/mol. The fourth-order valence-corrected chi connectivity index (χ4v) is 2.96. The Kier molecular flexibility index (Phi) is 4.60. The van der Waals surface area contributed by atoms with Crippen molar-refractivity contribution in [1.29, 1.82) is 0 Å². The Morgan fingerprint density at radius 3 is 2.46 bits per heavy atom. The fraction of sp³-hybridized carbons (Fsp3) is 0.111. The van der Waals surface area contributed by atoms with Crippen LogP contribution < -0.4 is 5.32 Å². The fourth-order valence-electron chi connectivity index (χ4n) is 2.43. The summed E-state index contributed by atoms with van der Waals surface area (Å²) in [6, 6.07) is 14.8. The maximum Gasteiger partial charge on any atom is 0.260 e. The molecule has 6 heteroatoms. The van der Waals surface area contributed by atoms with Gasteiger partial charge in [-0.3, -0.25) is 4.79 Å². The average Bonchev–Trinajstić information content (AvgIpc) is 2.87. The molecule has 0 spiro atoms. The lowest BCUT2D eigenvalue weighted by Gasteiger charge is -2.09. The molecule has 0 radical (unpaired) electrons. The van der Waals surface area contributed by atoms with Crippen LogP contribution in [0.1, 0.15) is 21.6 Å². The molecule has 0 saturated carbocycles. The van der Waals surface area contributed by atoms with Crippen LogP contribution in [0.4, 0.5) is 5.69 Å². The Morgan fingerprint density at radius 2 is 1.75 bits per heavy atom. The lowest BCUT2D eigenvalue weighted by molar-refractivity contribution is 0.102. The second kappa shape index (κ2) is 6.67. The Morgan fingerprint density at radius 1 is 1.04 bits per heavy atom. The largest absolute Gasteiger partial charge is 0.322 e. The molecule has 2 aromatic carbocycles. The third-order valence-corrected chi connectivity index (χ3v) is 4.51. The molecule has 0 unspecified atom stereocenters. The second-order valence-electron chi connectivity index (χ2n) is 5.37. The molecule has 0 atom stereocenters. The van der Waals surface area contributed by atoms with Gasteiger partial charge >= 0.3 is 0 Å². The van der Waals surface area contributed by atoms with Crippen molar-refractivity contribution in [3.63, 3.8) is 0 Å². The Labute approximate surface area is 150 Å². The molecule has 0 fully saturated rings. The molecule has 122 valence electrons. The van der Waals surface area contributed by atoms with Crippen molar-refractivity contribution in [2.75, 3.05) is 5.32 Å². The van der Waals surface area contributed by atoms with Crippen LogP contribution in [0.25, 0.3) is 5.69 Å². The van der Waals surface area contributed by atoms with Gasteiger partial charge < -0.3 is 5.32 Å². The van der Waals surface area contributed by atoms with Crippen molar-refractivity contribution < 1.29 is 4.79 Å². The van der Waals surface area contributed by atoms with Gasteiger partial charge in [0.25, 0.3) is 5.91 Å². The van der Waals surface area contributed by atoms with Crippen LogP contribution in [0, 0.1) is 13.8 Å². The summed E-state index contributed by atoms with van der Waals surface area (Å²) < 4.78 is 1.55. The van der Waals surface area contributed by atoms with E-state index in [0.29, 0.717) is 22.0 Å². The van der Waals surface area contributed by atoms with Crippen LogP contribution in [0.2, 0.25) is 10.2 Å². The number of hydrogen-bond acceptors (Lipinski definition) is 2. The molecule has 0 aliphatic carbocycles. The van der Waals surface area contributed by atoms with Gasteiger partial charge in [0.15, 0.2) is 0 Å². The number of aryl methyl sites for hydroxylation is 1. The number of benzene rings is 2. The van der Waals surface area contributed by atoms with Gasteiger partial charge in [0.2, 0.25) is 0 Å². The summed E-state index contributed by atoms with van der Waals surface area (Å²) in [5, 5.41) is 8.10. The van der Waals surface area contributed by atoms with E-state index in [0.717, 1.165) is 11.3 Å². The van der Waals surface area contributed by atoms with Gasteiger partial charge in [-0.2, -0.15) is 5.10 Å². The van der Waals surface area contributed by atoms with Gasteiger partial charge in [0, 0.05) is 10.7 Å². The second-order valence-corrected chi connectivity index (χ2v) is 6.13. The number of anilines is 1. The van der Waals surface area contributed by atoms with E-state index in [1.54, 1.807) is 29.8 Å². The zero-order valence-corrected chi connectivity index (χ0v) is 14.7. The minimum atomic E-state index is -0.315. The number of carbonyl (C=O) groups is 1. The van der Waals surface area contributed by atoms with Gasteiger partial charge in [-0.25, -0.2) is 4.68 Å². The van der Waals surface area contributed by atoms with Crippen molar-refractivity contribution in [2.45, 2.75) is 13.8 Å². The number of halogens is 2. The number of nitrogens with one attached hydrogen (secondary N) is 1. The summed E-state index contributed by atoms with van der Waals surface area (Å²) in [7, 11) is 0. The summed E-state index contributed by atoms with van der Waals surface area (Å²) in [6.07, 6.45) is 0. The number of para-hydroxylation sites is 1. The quantitative estimate of drug-likeness (QED) is 0.711. The van der Waals surface area contributed by atoms with Gasteiger partial charge in [-0.05, 0) is 43.7 Å². The Balaban J connectivity index is 1.96. The van der Waals surface area contributed by atoms with Crippen molar-refractivity contribution in [2.24, 2.45) is 0 Å². The minimum absolute atomic E-state index is 0.274. The van der Waals surface area contributed by atoms with E-state index in [1.807, 2.05) is 37.3 Å². The first-order valence-corrected chi connectivity index (χ1v) is 8.11. The molecule has 1 heterocycles. The van der Waals surface area contributed by atoms with E-state index in [1.165, 1.54) is 0 Å². The molecule has 24 heavy (non-hydrogen) atoms. The van der Waals surface area contributed by atoms with Crippen LogP contribution in [0.15, 0.2) is 48.5 Å². The van der Waals surface area contributed by atoms with Crippen LogP contribution >= 0.6 is 23.2 Å². The first kappa shape index (κ1) is 16.6. The van der Waals surface area contributed by atoms with E-state index < -0.39 is 0 Å². The van der Waals surface area contributed by atoms with Crippen molar-refractivity contribution in [3.8, 4) is 5.69 Å². The predicted octanol–water partition coefficient (Wildman–Crippen LogP) is 5.05. The molecule has 3 rings (SSSR count). The third kappa shape index (κ3) is 3.03. The normalized spacial score (nSPS) is 10.7. The maximum atomic E-state index is 12.7. The number of rotatable bonds is 3. The van der Waals surface area contributed by atoms with E-state index in [-0.39, 0.29) is 11.1 Å². The molecule has 0 aliphatic heterocycles. The van der Waals surface area contributed by atoms with Crippen molar-refractivity contribution >= 4 is 34.8 Å². The Bertz CT molecular complexity index is 904. The SMILES string of the molecule is Cc1nn(-c2ccccc2)c(Cl)c1C(=O)Nc1cccc(Cl)c1C. The molecule has 0 saturated heterocycles. The van der Waals surface area contributed by atoms with Crippen LogP contribution in [-0.4, -0.2) is 15.7 Å². The van der Waals surface area contributed by atoms with Crippen molar-refractivity contribution in [3.05, 3.63) is 75.5 Å². The van der Waals surface area contributed by atoms with Crippen molar-refractivity contribution in [1.82, 2.24) is 9.78 Å². The highest BCUT2D eigenvalue weighted by Gasteiger charge is 2.21. The molecule has 1 amide bonds. The molecular formula is C18H15Cl2N3O. The highest BCUT2D eigenvalue weighted by molar-refractivity contribution is 6.34. The summed E-state index contributed by atoms with van der Waals surface area (Å²) in [4.78, 5) is 12.7. The molecule has 1 N–H and O–H groups in total. The number of hydrogen-bond donors (Lipinski definition) is 1. The first-order chi connectivity index (χ1) is 11.5. The van der Waals surface area contributed by atoms with Crippen LogP contribution in [0.3, 0.4) is 0 Å². The number of aromatic nitrogens is 2. The van der Waals surface area contributed by atoms with E-state index in [9.17, 15) is 4.79 Å². The lowest BCUT2D eigenvalue weighted by atomic mass is 10.2. The Hall–Kier alpha value is -2.30. The monoisotopic (exact) mass is 359 g/mol. The minimum Gasteiger partial charge on any atom is -0.322 e. The summed E-state index contributed by atoms with van der Waals surface area (Å²) in [6.45, 7) is 3.60. The topological polar surface area (TPSA) is 46.9 Å². The summed E-state index contributed by atoms with van der Waals surface area (Å²) in [5.74, 6) is -0.315. The summed E-state index contributed by atoms with van der Waals surface area (Å²) >= 11 is 12.5. The average molecular weight is 360 g/mol. The van der Waals surface area contributed by atoms with Crippen LogP contribution in [0.5, 0.6) is 0 Å². The zero-order chi connectivity index (χ0) is 17.3. The highest BCUT2D eigenvalue weighted by Crippen LogP contribution is 2.27. The van der Waals surface area contributed by atoms with E-state index in [2.05, 4.69) is 10.4 Å². The van der Waals surface area contributed by atoms with E-state index in [4.69, 9.17) is 23.2 Å². The molecule has 4 nitrogen and oxygen atoms in total. The highest BCUT2D eigenvalue weighted by atomic mass is 35.5. The van der Waals surface area contributed by atoms with E-state index >= 15 is 0 Å². The molecule has 3 aromatic rings. The van der Waals surface area contributed by atoms with Gasteiger partial charge in [-0.1, -0.05) is 47.5 Å². The van der Waals surface area contributed by atoms with Gasteiger partial charge in [0.05, 0.1) is 11.4 Å². The zero-order valence-electron chi connectivity index (χ0n) is 13.2.